The molecule has 0 spiro atoms. The lowest BCUT2D eigenvalue weighted by molar-refractivity contribution is 0.149. The predicted octanol–water partition coefficient (Wildman–Crippen LogP) is 3.72. The van der Waals surface area contributed by atoms with E-state index in [-0.39, 0.29) is 0 Å². The van der Waals surface area contributed by atoms with Crippen LogP contribution in [0.4, 0.5) is 0 Å². The van der Waals surface area contributed by atoms with E-state index in [9.17, 15) is 0 Å². The van der Waals surface area contributed by atoms with Crippen molar-refractivity contribution in [2.45, 2.75) is 53.5 Å². The maximum atomic E-state index is 3.65. The van der Waals surface area contributed by atoms with Gasteiger partial charge in [0.1, 0.15) is 0 Å². The number of hydrogen-bond acceptors (Lipinski definition) is 3. The van der Waals surface area contributed by atoms with Crippen LogP contribution in [0.25, 0.3) is 0 Å². The fourth-order valence-corrected chi connectivity index (χ4v) is 3.35. The van der Waals surface area contributed by atoms with Gasteiger partial charge in [-0.1, -0.05) is 34.1 Å². The summed E-state index contributed by atoms with van der Waals surface area (Å²) in [5, 5.41) is 3.65. The van der Waals surface area contributed by atoms with Gasteiger partial charge in [-0.3, -0.25) is 0 Å². The van der Waals surface area contributed by atoms with E-state index in [1.165, 1.54) is 25.1 Å². The summed E-state index contributed by atoms with van der Waals surface area (Å²) >= 11 is 1.94. The van der Waals surface area contributed by atoms with Crippen molar-refractivity contribution in [1.82, 2.24) is 10.2 Å². The molecular weight excluding hydrogens is 252 g/mol. The summed E-state index contributed by atoms with van der Waals surface area (Å²) < 4.78 is 0. The van der Waals surface area contributed by atoms with E-state index in [2.05, 4.69) is 58.1 Å². The van der Waals surface area contributed by atoms with Gasteiger partial charge in [-0.15, -0.1) is 0 Å². The summed E-state index contributed by atoms with van der Waals surface area (Å²) in [6, 6.07) is 0.663. The molecule has 0 bridgehead atoms. The molecule has 3 heteroatoms. The van der Waals surface area contributed by atoms with Gasteiger partial charge in [0.2, 0.25) is 0 Å². The van der Waals surface area contributed by atoms with E-state index < -0.39 is 0 Å². The first-order valence-electron chi connectivity index (χ1n) is 7.74. The summed E-state index contributed by atoms with van der Waals surface area (Å²) in [5.74, 6) is 1.96. The lowest BCUT2D eigenvalue weighted by Crippen LogP contribution is -2.45. The van der Waals surface area contributed by atoms with Crippen LogP contribution in [0.3, 0.4) is 0 Å². The molecule has 0 rings (SSSR count). The van der Waals surface area contributed by atoms with Crippen molar-refractivity contribution in [2.24, 2.45) is 11.3 Å². The highest BCUT2D eigenvalue weighted by atomic mass is 32.2. The van der Waals surface area contributed by atoms with Gasteiger partial charge in [0.05, 0.1) is 0 Å². The van der Waals surface area contributed by atoms with Gasteiger partial charge in [0.25, 0.3) is 0 Å². The number of nitrogens with one attached hydrogen (secondary N) is 1. The molecular formula is C16H36N2S. The van der Waals surface area contributed by atoms with Crippen LogP contribution in [0.15, 0.2) is 0 Å². The Morgan fingerprint density at radius 3 is 2.37 bits per heavy atom. The first kappa shape index (κ1) is 19.3. The Hall–Kier alpha value is 0.270. The molecule has 0 amide bonds. The Morgan fingerprint density at radius 1 is 1.26 bits per heavy atom. The molecule has 19 heavy (non-hydrogen) atoms. The molecule has 1 N–H and O–H groups in total. The molecule has 0 aliphatic heterocycles. The maximum Gasteiger partial charge on any atom is 0.0155 e. The lowest BCUT2D eigenvalue weighted by atomic mass is 9.84. The first-order chi connectivity index (χ1) is 8.84. The van der Waals surface area contributed by atoms with Crippen molar-refractivity contribution in [3.8, 4) is 0 Å². The van der Waals surface area contributed by atoms with Gasteiger partial charge in [-0.2, -0.15) is 11.8 Å². The van der Waals surface area contributed by atoms with E-state index in [1.807, 2.05) is 11.8 Å². The number of thioether (sulfide) groups is 1. The average molecular weight is 289 g/mol. The van der Waals surface area contributed by atoms with E-state index >= 15 is 0 Å². The minimum absolute atomic E-state index is 0.394. The minimum atomic E-state index is 0.394. The van der Waals surface area contributed by atoms with Crippen LogP contribution in [0.5, 0.6) is 0 Å². The molecule has 0 aliphatic rings. The third-order valence-electron chi connectivity index (χ3n) is 3.75. The number of nitrogens with zero attached hydrogens (tertiary/aromatic N) is 1. The standard InChI is InChI=1S/C16H36N2S/c1-8-9-16(5,12-17-10-14(2)3)13-18(6)15(4)11-19-7/h14-15,17H,8-13H2,1-7H3. The molecule has 0 aromatic rings. The molecule has 2 atom stereocenters. The van der Waals surface area contributed by atoms with Gasteiger partial charge in [-0.25, -0.2) is 0 Å². The summed E-state index contributed by atoms with van der Waals surface area (Å²) in [7, 11) is 2.28. The topological polar surface area (TPSA) is 15.3 Å². The minimum Gasteiger partial charge on any atom is -0.316 e. The Bertz CT molecular complexity index is 221. The van der Waals surface area contributed by atoms with E-state index in [4.69, 9.17) is 0 Å². The average Bonchev–Trinajstić information content (AvgIpc) is 2.28. The molecule has 0 radical (unpaired) electrons. The van der Waals surface area contributed by atoms with Crippen LogP contribution in [0, 0.1) is 11.3 Å². The Kier molecular flexibility index (Phi) is 10.2. The van der Waals surface area contributed by atoms with Crippen molar-refractivity contribution in [2.75, 3.05) is 38.7 Å². The van der Waals surface area contributed by atoms with Crippen molar-refractivity contribution in [3.63, 3.8) is 0 Å². The van der Waals surface area contributed by atoms with Gasteiger partial charge in [0, 0.05) is 24.9 Å². The fourth-order valence-electron chi connectivity index (χ4n) is 2.62. The fraction of sp³-hybridized carbons (Fsp3) is 1.00. The Morgan fingerprint density at radius 2 is 1.89 bits per heavy atom. The smallest absolute Gasteiger partial charge is 0.0155 e. The molecule has 2 unspecified atom stereocenters. The van der Waals surface area contributed by atoms with Crippen LogP contribution in [0.1, 0.15) is 47.5 Å². The molecule has 0 fully saturated rings. The predicted molar refractivity (Wildman–Crippen MR) is 91.2 cm³/mol. The van der Waals surface area contributed by atoms with Crippen LogP contribution >= 0.6 is 11.8 Å². The van der Waals surface area contributed by atoms with Crippen LogP contribution in [-0.2, 0) is 0 Å². The zero-order chi connectivity index (χ0) is 14.9. The maximum absolute atomic E-state index is 3.65. The van der Waals surface area contributed by atoms with Crippen molar-refractivity contribution >= 4 is 11.8 Å². The second-order valence-electron chi connectivity index (χ2n) is 6.80. The summed E-state index contributed by atoms with van der Waals surface area (Å²) in [4.78, 5) is 2.53. The van der Waals surface area contributed by atoms with Crippen LogP contribution < -0.4 is 5.32 Å². The van der Waals surface area contributed by atoms with Gasteiger partial charge < -0.3 is 10.2 Å². The summed E-state index contributed by atoms with van der Waals surface area (Å²) in [5.41, 5.74) is 0.394. The number of hydrogen-bond donors (Lipinski definition) is 1. The molecule has 2 nitrogen and oxygen atoms in total. The molecule has 0 saturated heterocycles. The van der Waals surface area contributed by atoms with Gasteiger partial charge >= 0.3 is 0 Å². The molecule has 0 aliphatic carbocycles. The summed E-state index contributed by atoms with van der Waals surface area (Å²) in [6.45, 7) is 15.1. The van der Waals surface area contributed by atoms with Gasteiger partial charge in [0.15, 0.2) is 0 Å². The first-order valence-corrected chi connectivity index (χ1v) is 9.14. The van der Waals surface area contributed by atoms with E-state index in [0.717, 1.165) is 19.0 Å². The second-order valence-corrected chi connectivity index (χ2v) is 7.72. The third-order valence-corrected chi connectivity index (χ3v) is 4.57. The molecule has 0 aromatic carbocycles. The van der Waals surface area contributed by atoms with Crippen LogP contribution in [0.2, 0.25) is 0 Å². The van der Waals surface area contributed by atoms with E-state index in [1.54, 1.807) is 0 Å². The zero-order valence-corrected chi connectivity index (χ0v) is 15.1. The zero-order valence-electron chi connectivity index (χ0n) is 14.3. The Labute approximate surface area is 126 Å². The highest BCUT2D eigenvalue weighted by Crippen LogP contribution is 2.24. The van der Waals surface area contributed by atoms with Crippen molar-refractivity contribution < 1.29 is 0 Å². The summed E-state index contributed by atoms with van der Waals surface area (Å²) in [6.07, 6.45) is 4.76. The van der Waals surface area contributed by atoms with E-state index in [0.29, 0.717) is 11.5 Å². The normalized spacial score (nSPS) is 16.9. The third kappa shape index (κ3) is 8.93. The largest absolute Gasteiger partial charge is 0.316 e. The molecule has 116 valence electrons. The number of rotatable bonds is 11. The second kappa shape index (κ2) is 10.1. The van der Waals surface area contributed by atoms with Gasteiger partial charge in [-0.05, 0) is 44.5 Å². The van der Waals surface area contributed by atoms with Crippen molar-refractivity contribution in [3.05, 3.63) is 0 Å². The lowest BCUT2D eigenvalue weighted by Gasteiger charge is -2.37. The quantitative estimate of drug-likeness (QED) is 0.624. The highest BCUT2D eigenvalue weighted by Gasteiger charge is 2.26. The van der Waals surface area contributed by atoms with Crippen LogP contribution in [-0.4, -0.2) is 49.6 Å². The molecule has 0 saturated carbocycles. The molecule has 0 heterocycles. The van der Waals surface area contributed by atoms with Crippen molar-refractivity contribution in [1.29, 1.82) is 0 Å². The monoisotopic (exact) mass is 288 g/mol. The SMILES string of the molecule is CCCC(C)(CNCC(C)C)CN(C)C(C)CSC. The highest BCUT2D eigenvalue weighted by molar-refractivity contribution is 7.98. The molecule has 0 aromatic heterocycles. The Balaban J connectivity index is 4.34.